The summed E-state index contributed by atoms with van der Waals surface area (Å²) in [6.07, 6.45) is 4.76. The first-order valence-corrected chi connectivity index (χ1v) is 8.37. The summed E-state index contributed by atoms with van der Waals surface area (Å²) in [5.74, 6) is 0.902. The van der Waals surface area contributed by atoms with Crippen LogP contribution >= 0.6 is 0 Å². The highest BCUT2D eigenvalue weighted by Gasteiger charge is 2.34. The van der Waals surface area contributed by atoms with E-state index in [4.69, 9.17) is 0 Å². The monoisotopic (exact) mass is 294 g/mol. The Balaban J connectivity index is 1.92. The highest BCUT2D eigenvalue weighted by Crippen LogP contribution is 2.34. The summed E-state index contributed by atoms with van der Waals surface area (Å²) in [5, 5.41) is 2.94. The molecule has 3 atom stereocenters. The molecule has 0 aromatic carbocycles. The second-order valence-electron chi connectivity index (χ2n) is 7.82. The minimum absolute atomic E-state index is 0.0340. The Hall–Kier alpha value is -1.06. The van der Waals surface area contributed by atoms with Crippen molar-refractivity contribution < 1.29 is 9.59 Å². The number of rotatable bonds is 2. The Labute approximate surface area is 128 Å². The predicted molar refractivity (Wildman–Crippen MR) is 83.7 cm³/mol. The Morgan fingerprint density at radius 2 is 1.95 bits per heavy atom. The summed E-state index contributed by atoms with van der Waals surface area (Å²) in [7, 11) is 0. The van der Waals surface area contributed by atoms with Crippen LogP contribution in [0.3, 0.4) is 0 Å². The lowest BCUT2D eigenvalue weighted by Crippen LogP contribution is -2.44. The quantitative estimate of drug-likeness (QED) is 0.851. The Morgan fingerprint density at radius 3 is 2.52 bits per heavy atom. The number of nitrogens with zero attached hydrogens (tertiary/aromatic N) is 1. The van der Waals surface area contributed by atoms with E-state index in [1.165, 1.54) is 6.42 Å². The molecule has 2 amide bonds. The standard InChI is InChI=1S/C17H30N2O2/c1-12(14-7-8-15(20)18-14)16(21)19-10-5-6-13(9-11-19)17(2,3)4/h12-14H,5-11H2,1-4H3,(H,18,20). The predicted octanol–water partition coefficient (Wildman–Crippen LogP) is 2.58. The van der Waals surface area contributed by atoms with Crippen LogP contribution in [0.25, 0.3) is 0 Å². The molecule has 4 heteroatoms. The average molecular weight is 294 g/mol. The number of carbonyl (C=O) groups excluding carboxylic acids is 2. The van der Waals surface area contributed by atoms with Crippen LogP contribution in [-0.4, -0.2) is 35.8 Å². The number of hydrogen-bond acceptors (Lipinski definition) is 2. The first-order valence-electron chi connectivity index (χ1n) is 8.37. The van der Waals surface area contributed by atoms with Gasteiger partial charge in [0.05, 0.1) is 5.92 Å². The first kappa shape index (κ1) is 16.3. The fourth-order valence-corrected chi connectivity index (χ4v) is 3.66. The molecule has 120 valence electrons. The van der Waals surface area contributed by atoms with Crippen LogP contribution in [0.15, 0.2) is 0 Å². The van der Waals surface area contributed by atoms with Crippen LogP contribution in [0.2, 0.25) is 0 Å². The summed E-state index contributed by atoms with van der Waals surface area (Å²) in [5.41, 5.74) is 0.324. The number of amides is 2. The van der Waals surface area contributed by atoms with Crippen molar-refractivity contribution >= 4 is 11.8 Å². The third kappa shape index (κ3) is 3.98. The lowest BCUT2D eigenvalue weighted by atomic mass is 9.77. The highest BCUT2D eigenvalue weighted by molar-refractivity contribution is 5.83. The van der Waals surface area contributed by atoms with E-state index in [9.17, 15) is 9.59 Å². The second kappa shape index (κ2) is 6.37. The molecule has 2 saturated heterocycles. The van der Waals surface area contributed by atoms with E-state index < -0.39 is 0 Å². The third-order valence-electron chi connectivity index (χ3n) is 5.29. The molecule has 0 aliphatic carbocycles. The van der Waals surface area contributed by atoms with Crippen molar-refractivity contribution in [2.45, 2.75) is 65.8 Å². The van der Waals surface area contributed by atoms with E-state index in [2.05, 4.69) is 26.1 Å². The number of carbonyl (C=O) groups is 2. The van der Waals surface area contributed by atoms with Crippen LogP contribution in [0.5, 0.6) is 0 Å². The highest BCUT2D eigenvalue weighted by atomic mass is 16.2. The smallest absolute Gasteiger partial charge is 0.227 e. The third-order valence-corrected chi connectivity index (χ3v) is 5.29. The van der Waals surface area contributed by atoms with E-state index >= 15 is 0 Å². The number of likely N-dealkylation sites (tertiary alicyclic amines) is 1. The van der Waals surface area contributed by atoms with Gasteiger partial charge in [0.15, 0.2) is 0 Å². The molecule has 2 rings (SSSR count). The lowest BCUT2D eigenvalue weighted by molar-refractivity contribution is -0.135. The Morgan fingerprint density at radius 1 is 1.24 bits per heavy atom. The van der Waals surface area contributed by atoms with Gasteiger partial charge in [0, 0.05) is 25.6 Å². The van der Waals surface area contributed by atoms with Crippen molar-refractivity contribution in [3.63, 3.8) is 0 Å². The van der Waals surface area contributed by atoms with Gasteiger partial charge < -0.3 is 10.2 Å². The van der Waals surface area contributed by atoms with Crippen LogP contribution < -0.4 is 5.32 Å². The van der Waals surface area contributed by atoms with Gasteiger partial charge in [-0.3, -0.25) is 9.59 Å². The molecule has 0 spiro atoms. The Kier molecular flexibility index (Phi) is 4.95. The van der Waals surface area contributed by atoms with E-state index in [0.717, 1.165) is 32.4 Å². The summed E-state index contributed by atoms with van der Waals surface area (Å²) < 4.78 is 0. The molecule has 2 aliphatic rings. The second-order valence-corrected chi connectivity index (χ2v) is 7.82. The van der Waals surface area contributed by atoms with Crippen molar-refractivity contribution in [1.29, 1.82) is 0 Å². The van der Waals surface area contributed by atoms with Crippen molar-refractivity contribution in [2.75, 3.05) is 13.1 Å². The summed E-state index contributed by atoms with van der Waals surface area (Å²) in [6, 6.07) is 0.0340. The molecule has 21 heavy (non-hydrogen) atoms. The van der Waals surface area contributed by atoms with Crippen LogP contribution in [0, 0.1) is 17.3 Å². The molecule has 1 N–H and O–H groups in total. The zero-order valence-corrected chi connectivity index (χ0v) is 13.9. The van der Waals surface area contributed by atoms with E-state index in [1.54, 1.807) is 0 Å². The lowest BCUT2D eigenvalue weighted by Gasteiger charge is -2.30. The zero-order chi connectivity index (χ0) is 15.6. The molecule has 2 aliphatic heterocycles. The van der Waals surface area contributed by atoms with Gasteiger partial charge in [0.2, 0.25) is 11.8 Å². The molecule has 0 aromatic heterocycles. The normalized spacial score (nSPS) is 29.0. The van der Waals surface area contributed by atoms with Crippen molar-refractivity contribution in [3.05, 3.63) is 0 Å². The summed E-state index contributed by atoms with van der Waals surface area (Å²) in [4.78, 5) is 26.0. The van der Waals surface area contributed by atoms with E-state index in [0.29, 0.717) is 17.8 Å². The van der Waals surface area contributed by atoms with E-state index in [-0.39, 0.29) is 23.8 Å². The van der Waals surface area contributed by atoms with Gasteiger partial charge in [-0.1, -0.05) is 27.7 Å². The number of hydrogen-bond donors (Lipinski definition) is 1. The Bertz CT molecular complexity index is 400. The SMILES string of the molecule is CC(C(=O)N1CCCC(C(C)(C)C)CC1)C1CCC(=O)N1. The van der Waals surface area contributed by atoms with Gasteiger partial charge in [-0.25, -0.2) is 0 Å². The van der Waals surface area contributed by atoms with E-state index in [1.807, 2.05) is 11.8 Å². The van der Waals surface area contributed by atoms with Gasteiger partial charge in [0.25, 0.3) is 0 Å². The number of nitrogens with one attached hydrogen (secondary N) is 1. The molecule has 0 saturated carbocycles. The molecule has 3 unspecified atom stereocenters. The van der Waals surface area contributed by atoms with Gasteiger partial charge in [-0.05, 0) is 37.0 Å². The van der Waals surface area contributed by atoms with Crippen molar-refractivity contribution in [1.82, 2.24) is 10.2 Å². The van der Waals surface area contributed by atoms with Crippen LogP contribution in [-0.2, 0) is 9.59 Å². The maximum absolute atomic E-state index is 12.7. The topological polar surface area (TPSA) is 49.4 Å². The van der Waals surface area contributed by atoms with Gasteiger partial charge in [-0.2, -0.15) is 0 Å². The van der Waals surface area contributed by atoms with Crippen LogP contribution in [0.1, 0.15) is 59.8 Å². The maximum Gasteiger partial charge on any atom is 0.227 e. The average Bonchev–Trinajstić information content (AvgIpc) is 2.69. The summed E-state index contributed by atoms with van der Waals surface area (Å²) >= 11 is 0. The molecular formula is C17H30N2O2. The maximum atomic E-state index is 12.7. The minimum atomic E-state index is -0.0948. The summed E-state index contributed by atoms with van der Waals surface area (Å²) in [6.45, 7) is 10.6. The molecule has 0 aromatic rings. The molecule has 0 radical (unpaired) electrons. The first-order chi connectivity index (χ1) is 9.79. The molecule has 2 fully saturated rings. The molecule has 4 nitrogen and oxygen atoms in total. The molecular weight excluding hydrogens is 264 g/mol. The largest absolute Gasteiger partial charge is 0.353 e. The van der Waals surface area contributed by atoms with Gasteiger partial charge >= 0.3 is 0 Å². The van der Waals surface area contributed by atoms with Crippen molar-refractivity contribution in [3.8, 4) is 0 Å². The van der Waals surface area contributed by atoms with Gasteiger partial charge in [0.1, 0.15) is 0 Å². The fraction of sp³-hybridized carbons (Fsp3) is 0.882. The van der Waals surface area contributed by atoms with Gasteiger partial charge in [-0.15, -0.1) is 0 Å². The molecule has 2 heterocycles. The molecule has 0 bridgehead atoms. The minimum Gasteiger partial charge on any atom is -0.353 e. The van der Waals surface area contributed by atoms with Crippen LogP contribution in [0.4, 0.5) is 0 Å². The fourth-order valence-electron chi connectivity index (χ4n) is 3.66. The zero-order valence-electron chi connectivity index (χ0n) is 13.9. The van der Waals surface area contributed by atoms with Crippen molar-refractivity contribution in [2.24, 2.45) is 17.3 Å².